The lowest BCUT2D eigenvalue weighted by Crippen LogP contribution is -2.40. The predicted molar refractivity (Wildman–Crippen MR) is 52.7 cm³/mol. The minimum absolute atomic E-state index is 0.0209. The lowest BCUT2D eigenvalue weighted by molar-refractivity contribution is -0.0277. The van der Waals surface area contributed by atoms with Crippen LogP contribution in [0, 0.1) is 18.3 Å². The van der Waals surface area contributed by atoms with E-state index in [1.165, 1.54) is 0 Å². The van der Waals surface area contributed by atoms with E-state index >= 15 is 0 Å². The molecular formula is C10H18N2O. The number of rotatable bonds is 5. The highest BCUT2D eigenvalue weighted by atomic mass is 16.5. The summed E-state index contributed by atoms with van der Waals surface area (Å²) >= 11 is 0. The van der Waals surface area contributed by atoms with Crippen molar-refractivity contribution in [3.63, 3.8) is 0 Å². The molecule has 3 N–H and O–H groups in total. The summed E-state index contributed by atoms with van der Waals surface area (Å²) in [5, 5.41) is 0. The molecule has 74 valence electrons. The molecule has 0 radical (unpaired) electrons. The molecule has 0 heterocycles. The third-order valence-corrected chi connectivity index (χ3v) is 2.57. The van der Waals surface area contributed by atoms with Crippen molar-refractivity contribution < 1.29 is 4.74 Å². The highest BCUT2D eigenvalue weighted by Crippen LogP contribution is 2.33. The molecule has 1 fully saturated rings. The van der Waals surface area contributed by atoms with Gasteiger partial charge in [-0.2, -0.15) is 0 Å². The number of ether oxygens (including phenoxy) is 1. The quantitative estimate of drug-likeness (QED) is 0.373. The van der Waals surface area contributed by atoms with Crippen LogP contribution in [-0.4, -0.2) is 18.8 Å². The Balaban J connectivity index is 2.11. The zero-order valence-electron chi connectivity index (χ0n) is 8.12. The molecule has 0 spiro atoms. The zero-order valence-corrected chi connectivity index (χ0v) is 8.12. The molecule has 0 saturated heterocycles. The Bertz CT molecular complexity index is 182. The van der Waals surface area contributed by atoms with Gasteiger partial charge in [0.15, 0.2) is 0 Å². The van der Waals surface area contributed by atoms with E-state index in [1.807, 2.05) is 6.92 Å². The van der Waals surface area contributed by atoms with Gasteiger partial charge in [0.05, 0.1) is 12.1 Å². The van der Waals surface area contributed by atoms with Crippen LogP contribution in [0.5, 0.6) is 0 Å². The molecule has 1 aliphatic carbocycles. The average molecular weight is 182 g/mol. The molecule has 13 heavy (non-hydrogen) atoms. The minimum atomic E-state index is 0.0209. The molecule has 3 nitrogen and oxygen atoms in total. The van der Waals surface area contributed by atoms with Crippen molar-refractivity contribution in [1.82, 2.24) is 5.43 Å². The van der Waals surface area contributed by atoms with Crippen LogP contribution in [-0.2, 0) is 4.74 Å². The third kappa shape index (κ3) is 3.00. The highest BCUT2D eigenvalue weighted by Gasteiger charge is 2.30. The third-order valence-electron chi connectivity index (χ3n) is 2.57. The monoisotopic (exact) mass is 182 g/mol. The summed E-state index contributed by atoms with van der Waals surface area (Å²) in [6.07, 6.45) is 8.98. The normalized spacial score (nSPS) is 29.0. The summed E-state index contributed by atoms with van der Waals surface area (Å²) in [5.41, 5.74) is 2.62. The first kappa shape index (κ1) is 10.5. The molecule has 0 amide bonds. The van der Waals surface area contributed by atoms with Gasteiger partial charge in [-0.1, -0.05) is 5.92 Å². The SMILES string of the molecule is C#CC(CC1CC(OCC)C1)NN. The van der Waals surface area contributed by atoms with E-state index in [2.05, 4.69) is 11.3 Å². The molecule has 1 atom stereocenters. The maximum absolute atomic E-state index is 5.45. The van der Waals surface area contributed by atoms with Gasteiger partial charge in [-0.05, 0) is 32.1 Å². The maximum atomic E-state index is 5.45. The van der Waals surface area contributed by atoms with Crippen LogP contribution in [0.15, 0.2) is 0 Å². The zero-order chi connectivity index (χ0) is 9.68. The Morgan fingerprint density at radius 1 is 1.69 bits per heavy atom. The number of hydrogen-bond acceptors (Lipinski definition) is 3. The molecule has 0 aromatic rings. The van der Waals surface area contributed by atoms with Gasteiger partial charge in [-0.25, -0.2) is 5.43 Å². The molecule has 1 saturated carbocycles. The van der Waals surface area contributed by atoms with Crippen molar-refractivity contribution in [2.45, 2.75) is 38.3 Å². The first-order valence-electron chi connectivity index (χ1n) is 4.84. The van der Waals surface area contributed by atoms with Crippen LogP contribution < -0.4 is 11.3 Å². The lowest BCUT2D eigenvalue weighted by atomic mass is 9.78. The lowest BCUT2D eigenvalue weighted by Gasteiger charge is -2.36. The molecule has 0 bridgehead atoms. The van der Waals surface area contributed by atoms with Gasteiger partial charge in [0.1, 0.15) is 0 Å². The van der Waals surface area contributed by atoms with Gasteiger partial charge >= 0.3 is 0 Å². The summed E-state index contributed by atoms with van der Waals surface area (Å²) in [5.74, 6) is 8.59. The van der Waals surface area contributed by atoms with Crippen LogP contribution in [0.25, 0.3) is 0 Å². The van der Waals surface area contributed by atoms with Crippen molar-refractivity contribution in [1.29, 1.82) is 0 Å². The molecule has 1 rings (SSSR count). The fourth-order valence-corrected chi connectivity index (χ4v) is 1.76. The van der Waals surface area contributed by atoms with Crippen molar-refractivity contribution in [3.8, 4) is 12.3 Å². The summed E-state index contributed by atoms with van der Waals surface area (Å²) in [4.78, 5) is 0. The van der Waals surface area contributed by atoms with E-state index in [9.17, 15) is 0 Å². The molecule has 3 heteroatoms. The standard InChI is InChI=1S/C10H18N2O/c1-3-9(12-11)5-8-6-10(7-8)13-4-2/h1,8-10,12H,4-7,11H2,2H3. The Morgan fingerprint density at radius 3 is 2.85 bits per heavy atom. The fraction of sp³-hybridized carbons (Fsp3) is 0.800. The van der Waals surface area contributed by atoms with E-state index in [0.717, 1.165) is 25.9 Å². The van der Waals surface area contributed by atoms with Crippen LogP contribution in [0.4, 0.5) is 0 Å². The molecule has 0 aromatic heterocycles. The Kier molecular flexibility index (Phi) is 4.23. The van der Waals surface area contributed by atoms with Crippen LogP contribution in [0.1, 0.15) is 26.2 Å². The largest absolute Gasteiger partial charge is 0.378 e. The van der Waals surface area contributed by atoms with Crippen LogP contribution in [0.2, 0.25) is 0 Å². The first-order valence-corrected chi connectivity index (χ1v) is 4.84. The predicted octanol–water partition coefficient (Wildman–Crippen LogP) is 0.657. The molecule has 1 aliphatic rings. The van der Waals surface area contributed by atoms with E-state index in [-0.39, 0.29) is 6.04 Å². The summed E-state index contributed by atoms with van der Waals surface area (Å²) in [6.45, 7) is 2.84. The van der Waals surface area contributed by atoms with E-state index in [4.69, 9.17) is 17.0 Å². The molecular weight excluding hydrogens is 164 g/mol. The summed E-state index contributed by atoms with van der Waals surface area (Å²) in [6, 6.07) is 0.0209. The van der Waals surface area contributed by atoms with Crippen molar-refractivity contribution in [2.24, 2.45) is 11.8 Å². The second-order valence-corrected chi connectivity index (χ2v) is 3.54. The smallest absolute Gasteiger partial charge is 0.0817 e. The first-order chi connectivity index (χ1) is 6.30. The van der Waals surface area contributed by atoms with Gasteiger partial charge in [0.2, 0.25) is 0 Å². The number of nitrogens with two attached hydrogens (primary N) is 1. The molecule has 0 aliphatic heterocycles. The minimum Gasteiger partial charge on any atom is -0.378 e. The Morgan fingerprint density at radius 2 is 2.38 bits per heavy atom. The molecule has 0 aromatic carbocycles. The van der Waals surface area contributed by atoms with E-state index in [1.54, 1.807) is 0 Å². The maximum Gasteiger partial charge on any atom is 0.0817 e. The number of hydrogen-bond donors (Lipinski definition) is 2. The summed E-state index contributed by atoms with van der Waals surface area (Å²) < 4.78 is 5.45. The average Bonchev–Trinajstić information content (AvgIpc) is 2.09. The van der Waals surface area contributed by atoms with Crippen molar-refractivity contribution >= 4 is 0 Å². The van der Waals surface area contributed by atoms with Crippen LogP contribution >= 0.6 is 0 Å². The van der Waals surface area contributed by atoms with Gasteiger partial charge in [-0.15, -0.1) is 6.42 Å². The van der Waals surface area contributed by atoms with Gasteiger partial charge in [0, 0.05) is 6.61 Å². The second kappa shape index (κ2) is 5.23. The second-order valence-electron chi connectivity index (χ2n) is 3.54. The van der Waals surface area contributed by atoms with Crippen molar-refractivity contribution in [3.05, 3.63) is 0 Å². The van der Waals surface area contributed by atoms with Gasteiger partial charge < -0.3 is 4.74 Å². The number of terminal acetylenes is 1. The van der Waals surface area contributed by atoms with Gasteiger partial charge in [0.25, 0.3) is 0 Å². The number of nitrogens with one attached hydrogen (secondary N) is 1. The van der Waals surface area contributed by atoms with E-state index in [0.29, 0.717) is 12.0 Å². The highest BCUT2D eigenvalue weighted by molar-refractivity contribution is 5.00. The number of hydrazine groups is 1. The van der Waals surface area contributed by atoms with Gasteiger partial charge in [-0.3, -0.25) is 5.84 Å². The van der Waals surface area contributed by atoms with Crippen LogP contribution in [0.3, 0.4) is 0 Å². The summed E-state index contributed by atoms with van der Waals surface area (Å²) in [7, 11) is 0. The van der Waals surface area contributed by atoms with E-state index < -0.39 is 0 Å². The fourth-order valence-electron chi connectivity index (χ4n) is 1.76. The molecule has 1 unspecified atom stereocenters. The topological polar surface area (TPSA) is 47.3 Å². The van der Waals surface area contributed by atoms with Crippen molar-refractivity contribution in [2.75, 3.05) is 6.61 Å². The Labute approximate surface area is 80.0 Å². The Hall–Kier alpha value is -0.560.